The molecule has 0 aliphatic rings. The summed E-state index contributed by atoms with van der Waals surface area (Å²) >= 11 is 0. The van der Waals surface area contributed by atoms with Gasteiger partial charge in [0.15, 0.2) is 0 Å². The fourth-order valence-corrected chi connectivity index (χ4v) is 0.213. The number of hydrogen-bond donors (Lipinski definition) is 1. The second kappa shape index (κ2) is 16.9. The van der Waals surface area contributed by atoms with Crippen LogP contribution >= 0.6 is 0 Å². The van der Waals surface area contributed by atoms with Crippen LogP contribution in [0, 0.1) is 0 Å². The Morgan fingerprint density at radius 3 is 1.46 bits per heavy atom. The first-order valence-corrected chi connectivity index (χ1v) is 3.81. The van der Waals surface area contributed by atoms with Crippen LogP contribution in [-0.4, -0.2) is 16.9 Å². The minimum atomic E-state index is -1.06. The van der Waals surface area contributed by atoms with Crippen LogP contribution in [0.25, 0.3) is 0 Å². The number of rotatable bonds is 2. The molecular weight excluding hydrogens is 168 g/mol. The van der Waals surface area contributed by atoms with Crippen LogP contribution in [0.2, 0.25) is 0 Å². The molecule has 13 heavy (non-hydrogen) atoms. The lowest BCUT2D eigenvalue weighted by Crippen LogP contribution is -2.00. The quantitative estimate of drug-likeness (QED) is 0.532. The third-order valence-electron chi connectivity index (χ3n) is 0.400. The highest BCUT2D eigenvalue weighted by Crippen LogP contribution is 1.77. The standard InChI is InChI=1S/C4H6O3.2C3H6/c1-3(5)2-4(6)7;2*1-3-2/h2H2,1H3,(H,6,7);2*3H,1H2,2H3. The predicted octanol–water partition coefficient (Wildman–Crippen LogP) is 2.43. The molecule has 3 heteroatoms. The lowest BCUT2D eigenvalue weighted by molar-refractivity contribution is -0.139. The van der Waals surface area contributed by atoms with Gasteiger partial charge in [0.25, 0.3) is 0 Å². The SMILES string of the molecule is C=CC.C=CC.CC(=O)CC(=O)O. The molecule has 0 aliphatic carbocycles. The normalized spacial score (nSPS) is 6.38. The maximum absolute atomic E-state index is 9.87. The van der Waals surface area contributed by atoms with E-state index in [0.29, 0.717) is 0 Å². The van der Waals surface area contributed by atoms with Crippen molar-refractivity contribution in [1.29, 1.82) is 0 Å². The molecule has 1 N–H and O–H groups in total. The van der Waals surface area contributed by atoms with Gasteiger partial charge in [-0.25, -0.2) is 0 Å². The van der Waals surface area contributed by atoms with Crippen molar-refractivity contribution in [1.82, 2.24) is 0 Å². The van der Waals surface area contributed by atoms with Gasteiger partial charge in [-0.15, -0.1) is 13.2 Å². The van der Waals surface area contributed by atoms with Gasteiger partial charge in [-0.05, 0) is 20.8 Å². The number of carboxylic acid groups (broad SMARTS) is 1. The molecule has 0 radical (unpaired) electrons. The van der Waals surface area contributed by atoms with Gasteiger partial charge in [-0.2, -0.15) is 0 Å². The monoisotopic (exact) mass is 186 g/mol. The van der Waals surface area contributed by atoms with Gasteiger partial charge in [-0.1, -0.05) is 12.2 Å². The van der Waals surface area contributed by atoms with Gasteiger partial charge in [0.1, 0.15) is 12.2 Å². The molecule has 0 amide bonds. The maximum Gasteiger partial charge on any atom is 0.310 e. The summed E-state index contributed by atoms with van der Waals surface area (Å²) in [4.78, 5) is 19.5. The van der Waals surface area contributed by atoms with E-state index in [4.69, 9.17) is 5.11 Å². The highest BCUT2D eigenvalue weighted by Gasteiger charge is 1.98. The minimum Gasteiger partial charge on any atom is -0.481 e. The maximum atomic E-state index is 9.87. The average Bonchev–Trinajstić information content (AvgIpc) is 1.86. The van der Waals surface area contributed by atoms with E-state index in [1.165, 1.54) is 6.92 Å². The van der Waals surface area contributed by atoms with Crippen molar-refractivity contribution in [3.05, 3.63) is 25.3 Å². The highest BCUT2D eigenvalue weighted by molar-refractivity contribution is 5.93. The molecule has 0 atom stereocenters. The first-order chi connectivity index (χ1) is 5.95. The molecule has 0 aromatic carbocycles. The van der Waals surface area contributed by atoms with E-state index in [0.717, 1.165) is 0 Å². The number of carbonyl (C=O) groups excluding carboxylic acids is 1. The molecule has 0 heterocycles. The topological polar surface area (TPSA) is 54.4 Å². The van der Waals surface area contributed by atoms with Gasteiger partial charge < -0.3 is 5.11 Å². The van der Waals surface area contributed by atoms with Gasteiger partial charge in [0.2, 0.25) is 0 Å². The highest BCUT2D eigenvalue weighted by atomic mass is 16.4. The fraction of sp³-hybridized carbons (Fsp3) is 0.400. The minimum absolute atomic E-state index is 0.312. The summed E-state index contributed by atoms with van der Waals surface area (Å²) in [6, 6.07) is 0. The lowest BCUT2D eigenvalue weighted by Gasteiger charge is -1.80. The largest absolute Gasteiger partial charge is 0.481 e. The molecule has 0 saturated heterocycles. The molecule has 0 saturated carbocycles. The Bertz CT molecular complexity index is 142. The van der Waals surface area contributed by atoms with Crippen molar-refractivity contribution >= 4 is 11.8 Å². The van der Waals surface area contributed by atoms with Crippen LogP contribution in [0.15, 0.2) is 25.3 Å². The summed E-state index contributed by atoms with van der Waals surface area (Å²) in [6.45, 7) is 11.7. The zero-order valence-corrected chi connectivity index (χ0v) is 8.54. The summed E-state index contributed by atoms with van der Waals surface area (Å²) < 4.78 is 0. The van der Waals surface area contributed by atoms with Crippen LogP contribution in [0.1, 0.15) is 27.2 Å². The molecule has 0 aliphatic heterocycles. The van der Waals surface area contributed by atoms with Gasteiger partial charge in [-0.3, -0.25) is 9.59 Å². The molecule has 0 unspecified atom stereocenters. The number of ketones is 1. The van der Waals surface area contributed by atoms with Crippen molar-refractivity contribution in [2.24, 2.45) is 0 Å². The van der Waals surface area contributed by atoms with Crippen LogP contribution in [0.5, 0.6) is 0 Å². The molecule has 0 rings (SSSR count). The number of Topliss-reactive ketones (excluding diaryl/α,β-unsaturated/α-hetero) is 1. The molecule has 0 spiro atoms. The third kappa shape index (κ3) is 115. The van der Waals surface area contributed by atoms with Crippen molar-refractivity contribution in [3.8, 4) is 0 Å². The molecular formula is C10H18O3. The molecule has 76 valence electrons. The van der Waals surface area contributed by atoms with E-state index in [-0.39, 0.29) is 12.2 Å². The van der Waals surface area contributed by atoms with E-state index in [9.17, 15) is 9.59 Å². The number of hydrogen-bond acceptors (Lipinski definition) is 2. The molecule has 0 aromatic rings. The summed E-state index contributed by atoms with van der Waals surface area (Å²) in [5.74, 6) is -1.37. The summed E-state index contributed by atoms with van der Waals surface area (Å²) in [5, 5.41) is 7.86. The van der Waals surface area contributed by atoms with E-state index in [1.807, 2.05) is 13.8 Å². The number of aliphatic carboxylic acids is 1. The zero-order valence-electron chi connectivity index (χ0n) is 8.54. The Morgan fingerprint density at radius 2 is 1.46 bits per heavy atom. The number of allylic oxidation sites excluding steroid dienone is 2. The van der Waals surface area contributed by atoms with Crippen LogP contribution in [0.3, 0.4) is 0 Å². The van der Waals surface area contributed by atoms with Gasteiger partial charge >= 0.3 is 5.97 Å². The fourth-order valence-electron chi connectivity index (χ4n) is 0.213. The van der Waals surface area contributed by atoms with Crippen molar-refractivity contribution in [2.45, 2.75) is 27.2 Å². The smallest absolute Gasteiger partial charge is 0.310 e. The van der Waals surface area contributed by atoms with Crippen LogP contribution in [0.4, 0.5) is 0 Å². The van der Waals surface area contributed by atoms with Gasteiger partial charge in [0, 0.05) is 0 Å². The first kappa shape index (κ1) is 17.6. The van der Waals surface area contributed by atoms with E-state index < -0.39 is 5.97 Å². The zero-order chi connectivity index (χ0) is 11.3. The third-order valence-corrected chi connectivity index (χ3v) is 0.400. The van der Waals surface area contributed by atoms with E-state index in [2.05, 4.69) is 13.2 Å². The van der Waals surface area contributed by atoms with Gasteiger partial charge in [0.05, 0.1) is 0 Å². The van der Waals surface area contributed by atoms with E-state index >= 15 is 0 Å². The second-order valence-corrected chi connectivity index (χ2v) is 2.09. The second-order valence-electron chi connectivity index (χ2n) is 2.09. The molecule has 0 fully saturated rings. The van der Waals surface area contributed by atoms with Crippen molar-refractivity contribution in [3.63, 3.8) is 0 Å². The van der Waals surface area contributed by atoms with E-state index in [1.54, 1.807) is 12.2 Å². The van der Waals surface area contributed by atoms with Crippen molar-refractivity contribution < 1.29 is 14.7 Å². The first-order valence-electron chi connectivity index (χ1n) is 3.81. The Hall–Kier alpha value is -1.38. The van der Waals surface area contributed by atoms with Crippen LogP contribution < -0.4 is 0 Å². The van der Waals surface area contributed by atoms with Crippen molar-refractivity contribution in [2.75, 3.05) is 0 Å². The lowest BCUT2D eigenvalue weighted by atomic mass is 10.3. The summed E-state index contributed by atoms with van der Waals surface area (Å²) in [5.41, 5.74) is 0. The Labute approximate surface area is 79.8 Å². The Kier molecular flexibility index (Phi) is 23.0. The predicted molar refractivity (Wildman–Crippen MR) is 54.7 cm³/mol. The Morgan fingerprint density at radius 1 is 1.23 bits per heavy atom. The summed E-state index contributed by atoms with van der Waals surface area (Å²) in [7, 11) is 0. The van der Waals surface area contributed by atoms with Crippen LogP contribution in [-0.2, 0) is 9.59 Å². The number of carbonyl (C=O) groups is 2. The number of carboxylic acids is 1. The molecule has 3 nitrogen and oxygen atoms in total. The molecule has 0 aromatic heterocycles. The summed E-state index contributed by atoms with van der Waals surface area (Å²) in [6.07, 6.45) is 3.14. The average molecular weight is 186 g/mol. The molecule has 0 bridgehead atoms. The Balaban J connectivity index is -0.000000140.